The van der Waals surface area contributed by atoms with Gasteiger partial charge in [-0.2, -0.15) is 0 Å². The molecule has 0 radical (unpaired) electrons. The highest BCUT2D eigenvalue weighted by Gasteiger charge is 2.27. The summed E-state index contributed by atoms with van der Waals surface area (Å²) in [5, 5.41) is 0.765. The zero-order valence-corrected chi connectivity index (χ0v) is 14.5. The quantitative estimate of drug-likeness (QED) is 0.807. The van der Waals surface area contributed by atoms with Gasteiger partial charge in [0.1, 0.15) is 0 Å². The van der Waals surface area contributed by atoms with E-state index in [9.17, 15) is 4.79 Å². The van der Waals surface area contributed by atoms with Crippen molar-refractivity contribution in [2.75, 3.05) is 13.1 Å². The number of hydrogen-bond acceptors (Lipinski definition) is 4. The van der Waals surface area contributed by atoms with Gasteiger partial charge in [0.25, 0.3) is 5.91 Å². The molecule has 1 aromatic carbocycles. The summed E-state index contributed by atoms with van der Waals surface area (Å²) >= 11 is 4.81. The van der Waals surface area contributed by atoms with E-state index in [4.69, 9.17) is 4.42 Å². The number of furan rings is 1. The molecule has 1 aliphatic rings. The van der Waals surface area contributed by atoms with Crippen molar-refractivity contribution in [1.82, 2.24) is 4.90 Å². The van der Waals surface area contributed by atoms with Gasteiger partial charge in [-0.25, -0.2) is 0 Å². The van der Waals surface area contributed by atoms with Crippen LogP contribution >= 0.6 is 27.7 Å². The Morgan fingerprint density at radius 3 is 2.91 bits per heavy atom. The van der Waals surface area contributed by atoms with Crippen LogP contribution in [-0.4, -0.2) is 29.1 Å². The van der Waals surface area contributed by atoms with Crippen LogP contribution in [0.3, 0.4) is 0 Å². The molecule has 2 heterocycles. The first-order valence-electron chi connectivity index (χ1n) is 6.94. The van der Waals surface area contributed by atoms with Gasteiger partial charge in [0.2, 0.25) is 0 Å². The number of hydrogen-bond donors (Lipinski definition) is 0. The minimum atomic E-state index is -0.140. The van der Waals surface area contributed by atoms with E-state index < -0.39 is 0 Å². The average molecular weight is 379 g/mol. The van der Waals surface area contributed by atoms with Crippen LogP contribution < -0.4 is 0 Å². The van der Waals surface area contributed by atoms with Crippen LogP contribution in [0.4, 0.5) is 0 Å². The Bertz CT molecular complexity index is 726. The standard InChI is InChI=1S/C16H15BrN2O2S/c1-11-4-2-3-5-12(11)10-22-16-18-8-9-19(16)15(20)13-6-7-14(17)21-13/h2-7H,8-10H2,1H3. The third-order valence-corrected chi connectivity index (χ3v) is 4.94. The second-order valence-corrected chi connectivity index (χ2v) is 6.66. The molecule has 0 bridgehead atoms. The number of nitrogens with zero attached hydrogens (tertiary/aromatic N) is 2. The second kappa shape index (κ2) is 6.71. The molecule has 1 aromatic heterocycles. The number of benzene rings is 1. The van der Waals surface area contributed by atoms with Crippen LogP contribution in [0.15, 0.2) is 50.5 Å². The molecule has 6 heteroatoms. The maximum atomic E-state index is 12.5. The number of carbonyl (C=O) groups is 1. The highest BCUT2D eigenvalue weighted by Crippen LogP contribution is 2.24. The van der Waals surface area contributed by atoms with Gasteiger partial charge in [-0.05, 0) is 46.1 Å². The van der Waals surface area contributed by atoms with Crippen molar-refractivity contribution in [1.29, 1.82) is 0 Å². The Labute approximate surface area is 141 Å². The van der Waals surface area contributed by atoms with Crippen molar-refractivity contribution in [3.8, 4) is 0 Å². The van der Waals surface area contributed by atoms with Crippen LogP contribution in [0.2, 0.25) is 0 Å². The van der Waals surface area contributed by atoms with Gasteiger partial charge in [-0.15, -0.1) is 0 Å². The topological polar surface area (TPSA) is 45.8 Å². The molecular formula is C16H15BrN2O2S. The number of amides is 1. The molecule has 1 amide bonds. The molecule has 0 spiro atoms. The van der Waals surface area contributed by atoms with Gasteiger partial charge in [-0.1, -0.05) is 36.0 Å². The second-order valence-electron chi connectivity index (χ2n) is 4.94. The van der Waals surface area contributed by atoms with E-state index in [1.54, 1.807) is 28.8 Å². The number of halogens is 1. The monoisotopic (exact) mass is 378 g/mol. The van der Waals surface area contributed by atoms with Crippen molar-refractivity contribution in [3.05, 3.63) is 58.0 Å². The summed E-state index contributed by atoms with van der Waals surface area (Å²) in [6.45, 7) is 3.34. The SMILES string of the molecule is Cc1ccccc1CSC1=NCCN1C(=O)c1ccc(Br)o1. The van der Waals surface area contributed by atoms with Crippen molar-refractivity contribution >= 4 is 38.8 Å². The van der Waals surface area contributed by atoms with E-state index in [0.717, 1.165) is 10.9 Å². The molecule has 22 heavy (non-hydrogen) atoms. The Morgan fingerprint density at radius 1 is 1.36 bits per heavy atom. The van der Waals surface area contributed by atoms with Gasteiger partial charge < -0.3 is 4.42 Å². The van der Waals surface area contributed by atoms with Crippen LogP contribution in [0.5, 0.6) is 0 Å². The van der Waals surface area contributed by atoms with Crippen LogP contribution in [0.25, 0.3) is 0 Å². The van der Waals surface area contributed by atoms with E-state index in [2.05, 4.69) is 40.0 Å². The summed E-state index contributed by atoms with van der Waals surface area (Å²) in [7, 11) is 0. The molecule has 0 fully saturated rings. The number of thioether (sulfide) groups is 1. The van der Waals surface area contributed by atoms with Crippen molar-refractivity contribution < 1.29 is 9.21 Å². The van der Waals surface area contributed by atoms with Crippen LogP contribution in [0, 0.1) is 6.92 Å². The Balaban J connectivity index is 1.68. The minimum absolute atomic E-state index is 0.140. The van der Waals surface area contributed by atoms with Crippen molar-refractivity contribution in [3.63, 3.8) is 0 Å². The number of amidine groups is 1. The summed E-state index contributed by atoms with van der Waals surface area (Å²) in [5.74, 6) is 0.995. The molecule has 0 saturated heterocycles. The lowest BCUT2D eigenvalue weighted by molar-refractivity contribution is 0.0829. The fourth-order valence-corrected chi connectivity index (χ4v) is 3.64. The molecule has 0 atom stereocenters. The van der Waals surface area contributed by atoms with Gasteiger partial charge in [-0.3, -0.25) is 14.7 Å². The molecular weight excluding hydrogens is 364 g/mol. The molecule has 0 unspecified atom stereocenters. The molecule has 0 saturated carbocycles. The third kappa shape index (κ3) is 3.28. The van der Waals surface area contributed by atoms with E-state index >= 15 is 0 Å². The minimum Gasteiger partial charge on any atom is -0.444 e. The van der Waals surface area contributed by atoms with E-state index in [-0.39, 0.29) is 5.91 Å². The molecule has 4 nitrogen and oxygen atoms in total. The molecule has 3 rings (SSSR count). The van der Waals surface area contributed by atoms with Gasteiger partial charge >= 0.3 is 0 Å². The summed E-state index contributed by atoms with van der Waals surface area (Å²) in [6, 6.07) is 11.7. The Kier molecular flexibility index (Phi) is 4.69. The first-order chi connectivity index (χ1) is 10.6. The van der Waals surface area contributed by atoms with Crippen LogP contribution in [-0.2, 0) is 5.75 Å². The average Bonchev–Trinajstić information content (AvgIpc) is 3.14. The summed E-state index contributed by atoms with van der Waals surface area (Å²) in [6.07, 6.45) is 0. The fourth-order valence-electron chi connectivity index (χ4n) is 2.22. The third-order valence-electron chi connectivity index (χ3n) is 3.45. The number of aliphatic imine (C=N–C) groups is 1. The Hall–Kier alpha value is -1.53. The smallest absolute Gasteiger partial charge is 0.295 e. The summed E-state index contributed by atoms with van der Waals surface area (Å²) in [4.78, 5) is 18.6. The zero-order chi connectivity index (χ0) is 15.5. The molecule has 2 aromatic rings. The van der Waals surface area contributed by atoms with Crippen LogP contribution in [0.1, 0.15) is 21.7 Å². The molecule has 114 valence electrons. The van der Waals surface area contributed by atoms with Gasteiger partial charge in [0.15, 0.2) is 15.6 Å². The normalized spacial score (nSPS) is 14.3. The lowest BCUT2D eigenvalue weighted by Gasteiger charge is -2.16. The van der Waals surface area contributed by atoms with Crippen molar-refractivity contribution in [2.45, 2.75) is 12.7 Å². The molecule has 1 aliphatic heterocycles. The first-order valence-corrected chi connectivity index (χ1v) is 8.72. The number of aryl methyl sites for hydroxylation is 1. The first kappa shape index (κ1) is 15.4. The Morgan fingerprint density at radius 2 is 2.18 bits per heavy atom. The van der Waals surface area contributed by atoms with E-state index in [1.807, 2.05) is 12.1 Å². The fraction of sp³-hybridized carbons (Fsp3) is 0.250. The van der Waals surface area contributed by atoms with E-state index in [1.165, 1.54) is 11.1 Å². The highest BCUT2D eigenvalue weighted by molar-refractivity contribution is 9.10. The lowest BCUT2D eigenvalue weighted by atomic mass is 10.1. The lowest BCUT2D eigenvalue weighted by Crippen LogP contribution is -2.32. The van der Waals surface area contributed by atoms with Crippen molar-refractivity contribution in [2.24, 2.45) is 4.99 Å². The zero-order valence-electron chi connectivity index (χ0n) is 12.1. The highest BCUT2D eigenvalue weighted by atomic mass is 79.9. The largest absolute Gasteiger partial charge is 0.444 e. The molecule has 0 aliphatic carbocycles. The maximum absolute atomic E-state index is 12.5. The van der Waals surface area contributed by atoms with Gasteiger partial charge in [0.05, 0.1) is 6.54 Å². The number of carbonyl (C=O) groups excluding carboxylic acids is 1. The summed E-state index contributed by atoms with van der Waals surface area (Å²) < 4.78 is 5.91. The predicted molar refractivity (Wildman–Crippen MR) is 92.2 cm³/mol. The summed E-state index contributed by atoms with van der Waals surface area (Å²) in [5.41, 5.74) is 2.51. The number of rotatable bonds is 3. The van der Waals surface area contributed by atoms with Gasteiger partial charge in [0, 0.05) is 12.3 Å². The maximum Gasteiger partial charge on any atom is 0.295 e. The predicted octanol–water partition coefficient (Wildman–Crippen LogP) is 4.10. The van der Waals surface area contributed by atoms with E-state index in [0.29, 0.717) is 23.5 Å². The molecule has 0 N–H and O–H groups in total.